The fourth-order valence-corrected chi connectivity index (χ4v) is 3.82. The predicted molar refractivity (Wildman–Crippen MR) is 142 cm³/mol. The molecular weight excluding hydrogens is 506 g/mol. The molecule has 0 aliphatic heterocycles. The number of nitro benzene ring substituents is 1. The summed E-state index contributed by atoms with van der Waals surface area (Å²) in [4.78, 5) is 39.6. The molecule has 4 aromatic rings. The Balaban J connectivity index is 1.77. The molecule has 3 aromatic carbocycles. The van der Waals surface area contributed by atoms with Crippen molar-refractivity contribution in [2.45, 2.75) is 6.92 Å². The molecule has 0 aliphatic rings. The average Bonchev–Trinajstić information content (AvgIpc) is 3.26. The van der Waals surface area contributed by atoms with E-state index in [1.54, 1.807) is 55.5 Å². The molecular formula is C27H23N5O7. The quantitative estimate of drug-likeness (QED) is 0.122. The first-order valence-electron chi connectivity index (χ1n) is 11.5. The number of aryl methyl sites for hydroxylation is 1. The van der Waals surface area contributed by atoms with Gasteiger partial charge < -0.3 is 24.9 Å². The molecule has 4 rings (SSSR count). The molecule has 1 heterocycles. The number of H-pyrrole nitrogens is 1. The molecule has 0 unspecified atom stereocenters. The number of benzene rings is 3. The lowest BCUT2D eigenvalue weighted by molar-refractivity contribution is -0.384. The number of aromatic nitrogens is 1. The molecule has 0 spiro atoms. The third-order valence-electron chi connectivity index (χ3n) is 5.75. The average molecular weight is 530 g/mol. The summed E-state index contributed by atoms with van der Waals surface area (Å²) >= 11 is 0. The van der Waals surface area contributed by atoms with Gasteiger partial charge in [0.05, 0.1) is 24.7 Å². The predicted octanol–water partition coefficient (Wildman–Crippen LogP) is 5.19. The number of nitrogens with zero attached hydrogens (tertiary/aromatic N) is 3. The van der Waals surface area contributed by atoms with Crippen LogP contribution in [-0.2, 0) is 4.79 Å². The first-order valence-corrected chi connectivity index (χ1v) is 11.5. The Kier molecular flexibility index (Phi) is 7.66. The number of non-ortho nitro benzene ring substituents is 1. The lowest BCUT2D eigenvalue weighted by Crippen LogP contribution is -2.26. The van der Waals surface area contributed by atoms with Crippen LogP contribution in [0, 0.1) is 17.0 Å². The van der Waals surface area contributed by atoms with Crippen molar-refractivity contribution in [1.29, 1.82) is 0 Å². The number of ether oxygens (including phenoxy) is 2. The summed E-state index contributed by atoms with van der Waals surface area (Å²) in [7, 11) is 2.93. The summed E-state index contributed by atoms with van der Waals surface area (Å²) in [6.07, 6.45) is 1.35. The van der Waals surface area contributed by atoms with Crippen LogP contribution in [0.1, 0.15) is 21.5 Å². The topological polar surface area (TPSA) is 169 Å². The molecule has 0 saturated heterocycles. The Bertz CT molecular complexity index is 1640. The number of methoxy groups -OCH3 is 2. The van der Waals surface area contributed by atoms with Gasteiger partial charge in [-0.3, -0.25) is 19.7 Å². The lowest BCUT2D eigenvalue weighted by atomic mass is 10.1. The van der Waals surface area contributed by atoms with E-state index in [0.29, 0.717) is 33.7 Å². The van der Waals surface area contributed by atoms with Gasteiger partial charge in [0.15, 0.2) is 5.69 Å². The first kappa shape index (κ1) is 26.5. The van der Waals surface area contributed by atoms with Gasteiger partial charge >= 0.3 is 5.91 Å². The van der Waals surface area contributed by atoms with Crippen LogP contribution >= 0.6 is 0 Å². The maximum absolute atomic E-state index is 13.2. The molecule has 39 heavy (non-hydrogen) atoms. The van der Waals surface area contributed by atoms with Crippen molar-refractivity contribution in [3.05, 3.63) is 93.2 Å². The molecule has 1 aromatic heterocycles. The Labute approximate surface area is 221 Å². The minimum Gasteiger partial charge on any atom is -0.497 e. The van der Waals surface area contributed by atoms with Crippen molar-refractivity contribution in [2.24, 2.45) is 10.2 Å². The zero-order valence-electron chi connectivity index (χ0n) is 21.1. The molecule has 0 radical (unpaired) electrons. The maximum atomic E-state index is 13.2. The second-order valence-electron chi connectivity index (χ2n) is 8.26. The summed E-state index contributed by atoms with van der Waals surface area (Å²) < 4.78 is 10.6. The van der Waals surface area contributed by atoms with Crippen LogP contribution in [0.25, 0.3) is 17.0 Å². The summed E-state index contributed by atoms with van der Waals surface area (Å²) in [5, 5.41) is 32.0. The molecule has 198 valence electrons. The van der Waals surface area contributed by atoms with E-state index in [2.05, 4.69) is 20.5 Å². The van der Waals surface area contributed by atoms with Crippen LogP contribution in [0.3, 0.4) is 0 Å². The van der Waals surface area contributed by atoms with Crippen LogP contribution in [0.2, 0.25) is 0 Å². The highest BCUT2D eigenvalue weighted by molar-refractivity contribution is 6.06. The van der Waals surface area contributed by atoms with Crippen molar-refractivity contribution >= 4 is 40.2 Å². The Morgan fingerprint density at radius 2 is 1.82 bits per heavy atom. The molecule has 0 fully saturated rings. The summed E-state index contributed by atoms with van der Waals surface area (Å²) in [5.41, 5.74) is 0.950. The lowest BCUT2D eigenvalue weighted by Gasteiger charge is -2.10. The number of nitrogens with one attached hydrogen (secondary N) is 2. The Morgan fingerprint density at radius 1 is 1.08 bits per heavy atom. The first-order chi connectivity index (χ1) is 18.7. The van der Waals surface area contributed by atoms with E-state index in [0.717, 1.165) is 0 Å². The minimum absolute atomic E-state index is 0.169. The van der Waals surface area contributed by atoms with E-state index in [1.165, 1.54) is 32.4 Å². The van der Waals surface area contributed by atoms with E-state index in [1.807, 2.05) is 0 Å². The van der Waals surface area contributed by atoms with Crippen molar-refractivity contribution in [1.82, 2.24) is 10.3 Å². The van der Waals surface area contributed by atoms with Gasteiger partial charge in [0.25, 0.3) is 11.6 Å². The number of azo groups is 1. The highest BCUT2D eigenvalue weighted by atomic mass is 16.6. The summed E-state index contributed by atoms with van der Waals surface area (Å²) in [6, 6.07) is 15.7. The number of amides is 2. The van der Waals surface area contributed by atoms with E-state index in [4.69, 9.17) is 9.47 Å². The van der Waals surface area contributed by atoms with Gasteiger partial charge in [0, 0.05) is 28.6 Å². The fraction of sp³-hybridized carbons (Fsp3) is 0.111. The molecule has 0 bridgehead atoms. The molecule has 12 nitrogen and oxygen atoms in total. The molecule has 2 amide bonds. The molecule has 3 N–H and O–H groups in total. The maximum Gasteiger partial charge on any atom is 0.311 e. The highest BCUT2D eigenvalue weighted by Crippen LogP contribution is 2.39. The highest BCUT2D eigenvalue weighted by Gasteiger charge is 2.20. The number of carbonyl (C=O) groups is 2. The number of carbonyl (C=O) groups excluding carboxylic acids is 2. The van der Waals surface area contributed by atoms with Crippen LogP contribution < -0.4 is 14.8 Å². The zero-order valence-corrected chi connectivity index (χ0v) is 21.1. The number of nitro groups is 1. The molecule has 0 saturated carbocycles. The number of fused-ring (bicyclic) bond motifs is 1. The van der Waals surface area contributed by atoms with Gasteiger partial charge in [-0.05, 0) is 48.9 Å². The minimum atomic E-state index is -0.958. The summed E-state index contributed by atoms with van der Waals surface area (Å²) in [6.45, 7) is 1.62. The van der Waals surface area contributed by atoms with Gasteiger partial charge in [-0.2, -0.15) is 0 Å². The standard InChI is InChI=1S/C27H23N5O7/c1-15-11-18(32(36)37)14-20-23(15)29-27(35)24(20)30-31-26(34)21(28-25(33)16-7-5-4-6-8-16)13-17-12-19(38-2)9-10-22(17)39-3/h4-14,29,35H,1-3H3,(H,28,33)/b21-13-,31-30?. The number of aromatic hydroxyl groups is 1. The SMILES string of the molecule is COc1ccc(OC)c(/C=C(\NC(=O)c2ccccc2)C(=O)N=Nc2c(O)[nH]c3c(C)cc([N+](=O)[O-])cc23)c1. The van der Waals surface area contributed by atoms with Crippen molar-refractivity contribution in [2.75, 3.05) is 14.2 Å². The number of hydrogen-bond donors (Lipinski definition) is 3. The molecule has 12 heteroatoms. The molecule has 0 atom stereocenters. The van der Waals surface area contributed by atoms with E-state index in [-0.39, 0.29) is 22.5 Å². The van der Waals surface area contributed by atoms with Crippen molar-refractivity contribution < 1.29 is 29.1 Å². The number of hydrogen-bond acceptors (Lipinski definition) is 8. The van der Waals surface area contributed by atoms with Gasteiger partial charge in [-0.1, -0.05) is 18.2 Å². The van der Waals surface area contributed by atoms with Gasteiger partial charge in [-0.15, -0.1) is 10.2 Å². The van der Waals surface area contributed by atoms with Crippen LogP contribution in [0.4, 0.5) is 11.4 Å². The fourth-order valence-electron chi connectivity index (χ4n) is 3.82. The third kappa shape index (κ3) is 5.74. The Hall–Kier alpha value is -5.52. The largest absolute Gasteiger partial charge is 0.497 e. The Morgan fingerprint density at radius 3 is 2.49 bits per heavy atom. The number of rotatable bonds is 8. The van der Waals surface area contributed by atoms with Crippen LogP contribution in [-0.4, -0.2) is 41.0 Å². The van der Waals surface area contributed by atoms with Gasteiger partial charge in [0.2, 0.25) is 5.88 Å². The second-order valence-corrected chi connectivity index (χ2v) is 8.26. The van der Waals surface area contributed by atoms with Gasteiger partial charge in [0.1, 0.15) is 17.2 Å². The number of aromatic amines is 1. The smallest absolute Gasteiger partial charge is 0.311 e. The van der Waals surface area contributed by atoms with E-state index >= 15 is 0 Å². The third-order valence-corrected chi connectivity index (χ3v) is 5.75. The molecule has 0 aliphatic carbocycles. The van der Waals surface area contributed by atoms with E-state index < -0.39 is 22.6 Å². The zero-order chi connectivity index (χ0) is 28.1. The van der Waals surface area contributed by atoms with E-state index in [9.17, 15) is 24.8 Å². The normalized spacial score (nSPS) is 11.5. The van der Waals surface area contributed by atoms with Gasteiger partial charge in [-0.25, -0.2) is 0 Å². The van der Waals surface area contributed by atoms with Crippen molar-refractivity contribution in [3.63, 3.8) is 0 Å². The second kappa shape index (κ2) is 11.3. The summed E-state index contributed by atoms with van der Waals surface area (Å²) in [5.74, 6) is -1.10. The van der Waals surface area contributed by atoms with Crippen molar-refractivity contribution in [3.8, 4) is 17.4 Å². The monoisotopic (exact) mass is 529 g/mol. The van der Waals surface area contributed by atoms with Crippen LogP contribution in [0.5, 0.6) is 17.4 Å². The van der Waals surface area contributed by atoms with Crippen LogP contribution in [0.15, 0.2) is 76.6 Å².